The van der Waals surface area contributed by atoms with Gasteiger partial charge in [0.25, 0.3) is 0 Å². The van der Waals surface area contributed by atoms with Gasteiger partial charge in [0.05, 0.1) is 19.8 Å². The Hall–Kier alpha value is -2.07. The molecule has 2 aromatic rings. The summed E-state index contributed by atoms with van der Waals surface area (Å²) in [6.45, 7) is 1.81. The van der Waals surface area contributed by atoms with E-state index < -0.39 is 11.6 Å². The van der Waals surface area contributed by atoms with E-state index in [0.717, 1.165) is 11.6 Å². The standard InChI is InChI=1S/C16H14ClFO3/c1-9-4-10(6-11(17)5-9)16(19)12-7-14(20-2)15(21-3)8-13(12)18/h4-8H,1-3H3. The van der Waals surface area contributed by atoms with Gasteiger partial charge in [-0.1, -0.05) is 11.6 Å². The van der Waals surface area contributed by atoms with Crippen LogP contribution < -0.4 is 9.47 Å². The molecule has 0 bridgehead atoms. The van der Waals surface area contributed by atoms with E-state index in [1.165, 1.54) is 26.4 Å². The lowest BCUT2D eigenvalue weighted by molar-refractivity contribution is 0.103. The predicted molar refractivity (Wildman–Crippen MR) is 79.1 cm³/mol. The van der Waals surface area contributed by atoms with Gasteiger partial charge in [-0.15, -0.1) is 0 Å². The zero-order valence-electron chi connectivity index (χ0n) is 11.9. The smallest absolute Gasteiger partial charge is 0.196 e. The summed E-state index contributed by atoms with van der Waals surface area (Å²) in [4.78, 5) is 12.4. The van der Waals surface area contributed by atoms with Gasteiger partial charge in [0.2, 0.25) is 0 Å². The second kappa shape index (κ2) is 6.14. The van der Waals surface area contributed by atoms with Crippen LogP contribution in [0.4, 0.5) is 4.39 Å². The molecular weight excluding hydrogens is 295 g/mol. The first-order valence-electron chi connectivity index (χ1n) is 6.19. The fourth-order valence-electron chi connectivity index (χ4n) is 2.05. The third-order valence-electron chi connectivity index (χ3n) is 3.02. The number of methoxy groups -OCH3 is 2. The molecule has 0 unspecified atom stereocenters. The summed E-state index contributed by atoms with van der Waals surface area (Å²) in [6, 6.07) is 7.34. The topological polar surface area (TPSA) is 35.5 Å². The Kier molecular flexibility index (Phi) is 4.48. The molecule has 0 amide bonds. The summed E-state index contributed by atoms with van der Waals surface area (Å²) in [6.07, 6.45) is 0. The third-order valence-corrected chi connectivity index (χ3v) is 3.24. The second-order valence-electron chi connectivity index (χ2n) is 4.53. The number of halogens is 2. The Morgan fingerprint density at radius 2 is 1.67 bits per heavy atom. The average Bonchev–Trinajstić information content (AvgIpc) is 2.45. The predicted octanol–water partition coefficient (Wildman–Crippen LogP) is 4.04. The summed E-state index contributed by atoms with van der Waals surface area (Å²) in [5, 5.41) is 0.430. The van der Waals surface area contributed by atoms with E-state index >= 15 is 0 Å². The minimum atomic E-state index is -0.671. The van der Waals surface area contributed by atoms with Gasteiger partial charge in [0.1, 0.15) is 5.82 Å². The normalized spacial score (nSPS) is 10.3. The van der Waals surface area contributed by atoms with Crippen molar-refractivity contribution in [1.82, 2.24) is 0 Å². The van der Waals surface area contributed by atoms with Gasteiger partial charge < -0.3 is 9.47 Å². The highest BCUT2D eigenvalue weighted by atomic mass is 35.5. The maximum Gasteiger partial charge on any atom is 0.196 e. The van der Waals surface area contributed by atoms with Crippen LogP contribution >= 0.6 is 11.6 Å². The second-order valence-corrected chi connectivity index (χ2v) is 4.97. The maximum atomic E-state index is 14.1. The Balaban J connectivity index is 2.52. The highest BCUT2D eigenvalue weighted by Crippen LogP contribution is 2.31. The zero-order chi connectivity index (χ0) is 15.6. The molecule has 0 aromatic heterocycles. The van der Waals surface area contributed by atoms with Crippen LogP contribution in [-0.4, -0.2) is 20.0 Å². The molecule has 2 aromatic carbocycles. The Morgan fingerprint density at radius 1 is 1.05 bits per heavy atom. The van der Waals surface area contributed by atoms with Crippen molar-refractivity contribution in [2.75, 3.05) is 14.2 Å². The number of hydrogen-bond donors (Lipinski definition) is 0. The lowest BCUT2D eigenvalue weighted by atomic mass is 10.0. The van der Waals surface area contributed by atoms with Gasteiger partial charge in [-0.2, -0.15) is 0 Å². The van der Waals surface area contributed by atoms with Gasteiger partial charge in [0.15, 0.2) is 17.3 Å². The molecule has 0 atom stereocenters. The highest BCUT2D eigenvalue weighted by molar-refractivity contribution is 6.31. The van der Waals surface area contributed by atoms with Gasteiger partial charge in [-0.25, -0.2) is 4.39 Å². The van der Waals surface area contributed by atoms with Crippen LogP contribution in [0.3, 0.4) is 0 Å². The van der Waals surface area contributed by atoms with Crippen molar-refractivity contribution in [3.05, 3.63) is 57.9 Å². The van der Waals surface area contributed by atoms with Crippen LogP contribution in [0, 0.1) is 12.7 Å². The van der Waals surface area contributed by atoms with E-state index in [2.05, 4.69) is 0 Å². The molecule has 0 heterocycles. The maximum absolute atomic E-state index is 14.1. The van der Waals surface area contributed by atoms with Gasteiger partial charge in [-0.05, 0) is 36.8 Å². The van der Waals surface area contributed by atoms with E-state index in [1.807, 2.05) is 6.92 Å². The highest BCUT2D eigenvalue weighted by Gasteiger charge is 2.19. The van der Waals surface area contributed by atoms with Crippen LogP contribution in [-0.2, 0) is 0 Å². The van der Waals surface area contributed by atoms with Crippen molar-refractivity contribution >= 4 is 17.4 Å². The van der Waals surface area contributed by atoms with E-state index in [4.69, 9.17) is 21.1 Å². The van der Waals surface area contributed by atoms with Crippen molar-refractivity contribution in [2.24, 2.45) is 0 Å². The molecule has 0 aliphatic rings. The van der Waals surface area contributed by atoms with Gasteiger partial charge >= 0.3 is 0 Å². The molecule has 0 aliphatic heterocycles. The number of aryl methyl sites for hydroxylation is 1. The van der Waals surface area contributed by atoms with E-state index in [1.54, 1.807) is 12.1 Å². The van der Waals surface area contributed by atoms with Crippen molar-refractivity contribution in [1.29, 1.82) is 0 Å². The molecule has 110 valence electrons. The third kappa shape index (κ3) is 3.16. The van der Waals surface area contributed by atoms with Crippen molar-refractivity contribution in [2.45, 2.75) is 6.92 Å². The monoisotopic (exact) mass is 308 g/mol. The SMILES string of the molecule is COc1cc(F)c(C(=O)c2cc(C)cc(Cl)c2)cc1OC. The van der Waals surface area contributed by atoms with Crippen LogP contribution in [0.25, 0.3) is 0 Å². The summed E-state index contributed by atoms with van der Waals surface area (Å²) in [5.41, 5.74) is 1.06. The summed E-state index contributed by atoms with van der Waals surface area (Å²) in [5.74, 6) is -0.607. The summed E-state index contributed by atoms with van der Waals surface area (Å²) < 4.78 is 24.2. The van der Waals surface area contributed by atoms with Crippen LogP contribution in [0.1, 0.15) is 21.5 Å². The molecule has 0 saturated heterocycles. The first-order valence-corrected chi connectivity index (χ1v) is 6.57. The first-order chi connectivity index (χ1) is 9.96. The zero-order valence-corrected chi connectivity index (χ0v) is 12.6. The number of carbonyl (C=O) groups excluding carboxylic acids is 1. The minimum absolute atomic E-state index is 0.0886. The number of ketones is 1. The number of hydrogen-bond acceptors (Lipinski definition) is 3. The number of carbonyl (C=O) groups is 1. The molecule has 0 saturated carbocycles. The van der Waals surface area contributed by atoms with E-state index in [-0.39, 0.29) is 11.3 Å². The number of ether oxygens (including phenoxy) is 2. The molecule has 2 rings (SSSR count). The Labute approximate surface area is 127 Å². The van der Waals surface area contributed by atoms with Crippen molar-refractivity contribution < 1.29 is 18.7 Å². The largest absolute Gasteiger partial charge is 0.493 e. The quantitative estimate of drug-likeness (QED) is 0.800. The lowest BCUT2D eigenvalue weighted by Gasteiger charge is -2.11. The van der Waals surface area contributed by atoms with E-state index in [0.29, 0.717) is 16.3 Å². The molecule has 0 spiro atoms. The van der Waals surface area contributed by atoms with Crippen molar-refractivity contribution in [3.63, 3.8) is 0 Å². The number of benzene rings is 2. The minimum Gasteiger partial charge on any atom is -0.493 e. The summed E-state index contributed by atoms with van der Waals surface area (Å²) in [7, 11) is 2.83. The average molecular weight is 309 g/mol. The van der Waals surface area contributed by atoms with Crippen molar-refractivity contribution in [3.8, 4) is 11.5 Å². The lowest BCUT2D eigenvalue weighted by Crippen LogP contribution is -2.06. The molecule has 21 heavy (non-hydrogen) atoms. The first kappa shape index (κ1) is 15.3. The molecule has 0 radical (unpaired) electrons. The fraction of sp³-hybridized carbons (Fsp3) is 0.188. The van der Waals surface area contributed by atoms with Gasteiger partial charge in [-0.3, -0.25) is 4.79 Å². The summed E-state index contributed by atoms with van der Waals surface area (Å²) >= 11 is 5.94. The Bertz CT molecular complexity index is 678. The fourth-order valence-corrected chi connectivity index (χ4v) is 2.34. The van der Waals surface area contributed by atoms with Crippen LogP contribution in [0.2, 0.25) is 5.02 Å². The molecule has 3 nitrogen and oxygen atoms in total. The van der Waals surface area contributed by atoms with Crippen LogP contribution in [0.5, 0.6) is 11.5 Å². The van der Waals surface area contributed by atoms with E-state index in [9.17, 15) is 9.18 Å². The van der Waals surface area contributed by atoms with Crippen LogP contribution in [0.15, 0.2) is 30.3 Å². The molecule has 0 aliphatic carbocycles. The molecule has 0 fully saturated rings. The molecule has 5 heteroatoms. The molecular formula is C16H14ClFO3. The number of rotatable bonds is 4. The Morgan fingerprint density at radius 3 is 2.24 bits per heavy atom. The van der Waals surface area contributed by atoms with Gasteiger partial charge in [0, 0.05) is 16.7 Å². The molecule has 0 N–H and O–H groups in total.